The van der Waals surface area contributed by atoms with Crippen LogP contribution in [0.5, 0.6) is 0 Å². The van der Waals surface area contributed by atoms with E-state index in [0.717, 1.165) is 16.5 Å². The van der Waals surface area contributed by atoms with Crippen molar-refractivity contribution < 1.29 is 4.42 Å². The summed E-state index contributed by atoms with van der Waals surface area (Å²) in [5.74, 6) is 1.70. The number of hydrogen-bond donors (Lipinski definition) is 0. The molecule has 3 aromatic rings. The Morgan fingerprint density at radius 3 is 2.86 bits per heavy atom. The fraction of sp³-hybridized carbons (Fsp3) is 0.417. The zero-order valence-corrected chi connectivity index (χ0v) is 13.5. The van der Waals surface area contributed by atoms with Gasteiger partial charge in [-0.15, -0.1) is 26.6 Å². The van der Waals surface area contributed by atoms with Crippen molar-refractivity contribution >= 4 is 23.1 Å². The van der Waals surface area contributed by atoms with Crippen LogP contribution in [0.2, 0.25) is 0 Å². The van der Waals surface area contributed by atoms with Crippen molar-refractivity contribution in [2.24, 2.45) is 7.05 Å². The summed E-state index contributed by atoms with van der Waals surface area (Å²) >= 11 is 3.17. The fourth-order valence-electron chi connectivity index (χ4n) is 1.86. The first kappa shape index (κ1) is 14.2. The van der Waals surface area contributed by atoms with Crippen LogP contribution in [0, 0.1) is 6.92 Å². The average molecular weight is 322 g/mol. The van der Waals surface area contributed by atoms with Gasteiger partial charge in [-0.3, -0.25) is 0 Å². The van der Waals surface area contributed by atoms with Crippen LogP contribution in [-0.2, 0) is 19.2 Å². The Morgan fingerprint density at radius 2 is 2.19 bits per heavy atom. The number of thiophene rings is 1. The lowest BCUT2D eigenvalue weighted by molar-refractivity contribution is 0.529. The lowest BCUT2D eigenvalue weighted by Crippen LogP contribution is -1.93. The van der Waals surface area contributed by atoms with E-state index < -0.39 is 0 Å². The summed E-state index contributed by atoms with van der Waals surface area (Å²) in [5.41, 5.74) is 1.27. The molecule has 9 heteroatoms. The van der Waals surface area contributed by atoms with Crippen molar-refractivity contribution in [1.29, 1.82) is 0 Å². The van der Waals surface area contributed by atoms with Crippen LogP contribution >= 0.6 is 23.1 Å². The Balaban J connectivity index is 1.72. The molecule has 21 heavy (non-hydrogen) atoms. The second kappa shape index (κ2) is 5.94. The van der Waals surface area contributed by atoms with Gasteiger partial charge in [0.05, 0.1) is 10.6 Å². The first-order valence-electron chi connectivity index (χ1n) is 6.44. The molecule has 0 saturated heterocycles. The largest absolute Gasteiger partial charge is 0.419 e. The Bertz CT molecular complexity index is 747. The van der Waals surface area contributed by atoms with Gasteiger partial charge in [-0.05, 0) is 35.4 Å². The third-order valence-electron chi connectivity index (χ3n) is 2.93. The maximum Gasteiger partial charge on any atom is 0.257 e. The van der Waals surface area contributed by atoms with Crippen molar-refractivity contribution in [3.8, 4) is 10.8 Å². The van der Waals surface area contributed by atoms with Gasteiger partial charge in [0.1, 0.15) is 0 Å². The first-order valence-corrected chi connectivity index (χ1v) is 8.24. The normalized spacial score (nSPS) is 11.2. The molecule has 3 rings (SSSR count). The van der Waals surface area contributed by atoms with Crippen LogP contribution in [-0.4, -0.2) is 30.4 Å². The van der Waals surface area contributed by atoms with E-state index in [1.165, 1.54) is 22.2 Å². The third-order valence-corrected chi connectivity index (χ3v) is 5.29. The molecule has 0 saturated carbocycles. The molecule has 3 heterocycles. The zero-order chi connectivity index (χ0) is 14.8. The predicted molar refractivity (Wildman–Crippen MR) is 80.1 cm³/mol. The second-order valence-electron chi connectivity index (χ2n) is 4.45. The molecule has 110 valence electrons. The van der Waals surface area contributed by atoms with Gasteiger partial charge in [0.2, 0.25) is 11.0 Å². The SMILES string of the molecule is CCc1sc(-c2nnc(CSc3nnnn3C)o2)cc1C. The van der Waals surface area contributed by atoms with E-state index >= 15 is 0 Å². The fourth-order valence-corrected chi connectivity index (χ4v) is 3.58. The summed E-state index contributed by atoms with van der Waals surface area (Å²) < 4.78 is 7.32. The number of tetrazole rings is 1. The van der Waals surface area contributed by atoms with Crippen LogP contribution in [0.25, 0.3) is 10.8 Å². The minimum Gasteiger partial charge on any atom is -0.419 e. The number of aromatic nitrogens is 6. The van der Waals surface area contributed by atoms with Crippen LogP contribution < -0.4 is 0 Å². The summed E-state index contributed by atoms with van der Waals surface area (Å²) in [6.45, 7) is 4.25. The number of rotatable bonds is 5. The van der Waals surface area contributed by atoms with E-state index in [1.807, 2.05) is 0 Å². The zero-order valence-electron chi connectivity index (χ0n) is 11.9. The standard InChI is InChI=1S/C12H14N6OS2/c1-4-8-7(2)5-9(21-8)11-14-13-10(19-11)6-20-12-15-16-17-18(12)3/h5H,4,6H2,1-3H3. The molecule has 0 amide bonds. The molecule has 0 aliphatic heterocycles. The van der Waals surface area contributed by atoms with Gasteiger partial charge in [0, 0.05) is 11.9 Å². The highest BCUT2D eigenvalue weighted by molar-refractivity contribution is 7.98. The summed E-state index contributed by atoms with van der Waals surface area (Å²) in [7, 11) is 1.79. The molecule has 0 unspecified atom stereocenters. The molecular formula is C12H14N6OS2. The van der Waals surface area contributed by atoms with Gasteiger partial charge < -0.3 is 4.42 Å². The minimum atomic E-state index is 0.548. The first-order chi connectivity index (χ1) is 10.2. The highest BCUT2D eigenvalue weighted by Gasteiger charge is 2.14. The lowest BCUT2D eigenvalue weighted by atomic mass is 10.2. The highest BCUT2D eigenvalue weighted by atomic mass is 32.2. The number of hydrogen-bond acceptors (Lipinski definition) is 8. The van der Waals surface area contributed by atoms with Crippen LogP contribution in [0.1, 0.15) is 23.3 Å². The van der Waals surface area contributed by atoms with E-state index in [0.29, 0.717) is 17.5 Å². The van der Waals surface area contributed by atoms with Gasteiger partial charge in [-0.1, -0.05) is 18.7 Å². The van der Waals surface area contributed by atoms with Crippen molar-refractivity contribution in [3.63, 3.8) is 0 Å². The molecular weight excluding hydrogens is 308 g/mol. The van der Waals surface area contributed by atoms with E-state index in [4.69, 9.17) is 4.42 Å². The Hall–Kier alpha value is -1.74. The van der Waals surface area contributed by atoms with Gasteiger partial charge >= 0.3 is 0 Å². The number of nitrogens with zero attached hydrogens (tertiary/aromatic N) is 6. The molecule has 0 aliphatic rings. The van der Waals surface area contributed by atoms with Gasteiger partial charge in [-0.2, -0.15) is 0 Å². The van der Waals surface area contributed by atoms with Crippen molar-refractivity contribution in [2.45, 2.75) is 31.2 Å². The van der Waals surface area contributed by atoms with Crippen molar-refractivity contribution in [3.05, 3.63) is 22.4 Å². The van der Waals surface area contributed by atoms with Gasteiger partial charge in [-0.25, -0.2) is 4.68 Å². The Labute approximate surface area is 129 Å². The van der Waals surface area contributed by atoms with E-state index in [9.17, 15) is 0 Å². The molecule has 0 radical (unpaired) electrons. The molecule has 3 aromatic heterocycles. The lowest BCUT2D eigenvalue weighted by Gasteiger charge is -1.94. The summed E-state index contributed by atoms with van der Waals surface area (Å²) in [6.07, 6.45) is 1.02. The molecule has 0 aliphatic carbocycles. The molecule has 0 aromatic carbocycles. The minimum absolute atomic E-state index is 0.548. The molecule has 0 atom stereocenters. The smallest absolute Gasteiger partial charge is 0.257 e. The summed E-state index contributed by atoms with van der Waals surface area (Å²) in [6, 6.07) is 2.10. The van der Waals surface area contributed by atoms with Crippen LogP contribution in [0.4, 0.5) is 0 Å². The molecule has 0 bridgehead atoms. The third kappa shape index (κ3) is 2.98. The number of aryl methyl sites for hydroxylation is 3. The van der Waals surface area contributed by atoms with E-state index in [2.05, 4.69) is 45.6 Å². The quantitative estimate of drug-likeness (QED) is 0.667. The maximum atomic E-state index is 5.71. The number of thioether (sulfide) groups is 1. The molecule has 7 nitrogen and oxygen atoms in total. The van der Waals surface area contributed by atoms with Gasteiger partial charge in [0.25, 0.3) is 5.89 Å². The van der Waals surface area contributed by atoms with Crippen molar-refractivity contribution in [1.82, 2.24) is 30.4 Å². The summed E-state index contributed by atoms with van der Waals surface area (Å²) in [4.78, 5) is 2.37. The van der Waals surface area contributed by atoms with E-state index in [1.54, 1.807) is 23.1 Å². The Kier molecular flexibility index (Phi) is 4.02. The average Bonchev–Trinajstić information content (AvgIpc) is 3.16. The molecule has 0 spiro atoms. The second-order valence-corrected chi connectivity index (χ2v) is 6.52. The van der Waals surface area contributed by atoms with Crippen LogP contribution in [0.15, 0.2) is 15.6 Å². The monoisotopic (exact) mass is 322 g/mol. The molecule has 0 N–H and O–H groups in total. The highest BCUT2D eigenvalue weighted by Crippen LogP contribution is 2.31. The molecule has 0 fully saturated rings. The van der Waals surface area contributed by atoms with Crippen molar-refractivity contribution in [2.75, 3.05) is 0 Å². The van der Waals surface area contributed by atoms with Crippen LogP contribution in [0.3, 0.4) is 0 Å². The maximum absolute atomic E-state index is 5.71. The van der Waals surface area contributed by atoms with E-state index in [-0.39, 0.29) is 0 Å². The topological polar surface area (TPSA) is 82.5 Å². The predicted octanol–water partition coefficient (Wildman–Crippen LogP) is 2.48. The summed E-state index contributed by atoms with van der Waals surface area (Å²) in [5, 5.41) is 20.2. The van der Waals surface area contributed by atoms with Gasteiger partial charge in [0.15, 0.2) is 0 Å². The Morgan fingerprint density at radius 1 is 1.33 bits per heavy atom.